The van der Waals surface area contributed by atoms with Gasteiger partial charge in [0.1, 0.15) is 17.2 Å². The van der Waals surface area contributed by atoms with Crippen LogP contribution in [0.5, 0.6) is 17.2 Å². The van der Waals surface area contributed by atoms with Crippen LogP contribution in [0.1, 0.15) is 53.2 Å². The fourth-order valence-electron chi connectivity index (χ4n) is 2.79. The molecule has 0 aliphatic rings. The topological polar surface area (TPSA) is 123 Å². The number of rotatable bonds is 11. The molecule has 3 N–H and O–H groups in total. The van der Waals surface area contributed by atoms with Crippen LogP contribution in [0, 0.1) is 10.8 Å². The van der Waals surface area contributed by atoms with E-state index in [-0.39, 0.29) is 30.6 Å². The van der Waals surface area contributed by atoms with Gasteiger partial charge in [-0.05, 0) is 71.4 Å². The molecule has 0 saturated heterocycles. The average molecular weight is 515 g/mol. The predicted octanol–water partition coefficient (Wildman–Crippen LogP) is 3.41. The molecule has 0 spiro atoms. The van der Waals surface area contributed by atoms with Crippen LogP contribution in [-0.2, 0) is 14.4 Å². The smallest absolute Gasteiger partial charge is 0.316 e. The lowest BCUT2D eigenvalue weighted by atomic mass is 9.97. The molecule has 0 radical (unpaired) electrons. The second-order valence-corrected chi connectivity index (χ2v) is 10.7. The molecule has 0 aliphatic heterocycles. The Morgan fingerprint density at radius 3 is 1.86 bits per heavy atom. The normalized spacial score (nSPS) is 12.4. The number of carbonyl (C=O) groups is 3. The predicted molar refractivity (Wildman–Crippen MR) is 139 cm³/mol. The van der Waals surface area contributed by atoms with E-state index in [0.29, 0.717) is 24.4 Å². The van der Waals surface area contributed by atoms with Gasteiger partial charge in [0.25, 0.3) is 5.91 Å². The van der Waals surface area contributed by atoms with Crippen LogP contribution in [0.15, 0.2) is 48.5 Å². The zero-order valence-electron chi connectivity index (χ0n) is 22.4. The van der Waals surface area contributed by atoms with Crippen LogP contribution in [0.2, 0.25) is 0 Å². The molecule has 37 heavy (non-hydrogen) atoms. The lowest BCUT2D eigenvalue weighted by molar-refractivity contribution is -0.143. The van der Waals surface area contributed by atoms with Gasteiger partial charge in [-0.25, -0.2) is 0 Å². The third-order valence-corrected chi connectivity index (χ3v) is 5.01. The highest BCUT2D eigenvalue weighted by Gasteiger charge is 2.26. The van der Waals surface area contributed by atoms with Crippen molar-refractivity contribution < 1.29 is 33.7 Å². The highest BCUT2D eigenvalue weighted by atomic mass is 16.5. The summed E-state index contributed by atoms with van der Waals surface area (Å²) in [7, 11) is 0. The van der Waals surface area contributed by atoms with Gasteiger partial charge < -0.3 is 30.0 Å². The van der Waals surface area contributed by atoms with Crippen molar-refractivity contribution >= 4 is 17.8 Å². The molecule has 0 fully saturated rings. The van der Waals surface area contributed by atoms with E-state index in [9.17, 15) is 19.5 Å². The third-order valence-electron chi connectivity index (χ3n) is 5.01. The van der Waals surface area contributed by atoms with Crippen LogP contribution < -0.4 is 24.8 Å². The van der Waals surface area contributed by atoms with E-state index in [1.54, 1.807) is 53.7 Å². The largest absolute Gasteiger partial charge is 0.484 e. The SMILES string of the molecule is CC(C)(C)C(=O)Oc1cc(OC(=O)C(C)(C)C)cc(C(O)CNCCNC(=O)COc2ccccc2)c1. The summed E-state index contributed by atoms with van der Waals surface area (Å²) in [5.74, 6) is -0.237. The fourth-order valence-corrected chi connectivity index (χ4v) is 2.79. The Morgan fingerprint density at radius 1 is 0.811 bits per heavy atom. The molecular formula is C28H38N2O7. The van der Waals surface area contributed by atoms with Gasteiger partial charge in [-0.3, -0.25) is 14.4 Å². The van der Waals surface area contributed by atoms with Crippen molar-refractivity contribution in [3.05, 3.63) is 54.1 Å². The van der Waals surface area contributed by atoms with Crippen LogP contribution in [-0.4, -0.2) is 49.2 Å². The second-order valence-electron chi connectivity index (χ2n) is 10.7. The summed E-state index contributed by atoms with van der Waals surface area (Å²) in [6.07, 6.45) is -0.988. The Bertz CT molecular complexity index is 1010. The van der Waals surface area contributed by atoms with Crippen LogP contribution in [0.4, 0.5) is 0 Å². The van der Waals surface area contributed by atoms with Crippen LogP contribution in [0.25, 0.3) is 0 Å². The van der Waals surface area contributed by atoms with Crippen molar-refractivity contribution in [1.82, 2.24) is 10.6 Å². The summed E-state index contributed by atoms with van der Waals surface area (Å²) in [6.45, 7) is 11.2. The van der Waals surface area contributed by atoms with Gasteiger partial charge in [0.05, 0.1) is 16.9 Å². The number of benzene rings is 2. The number of hydrogen-bond acceptors (Lipinski definition) is 8. The first kappa shape index (κ1) is 29.8. The van der Waals surface area contributed by atoms with E-state index in [2.05, 4.69) is 10.6 Å². The summed E-state index contributed by atoms with van der Waals surface area (Å²) in [5.41, 5.74) is -1.08. The minimum atomic E-state index is -0.988. The quantitative estimate of drug-likeness (QED) is 0.237. The number of ether oxygens (including phenoxy) is 3. The number of esters is 2. The van der Waals surface area contributed by atoms with Gasteiger partial charge in [0, 0.05) is 25.7 Å². The van der Waals surface area contributed by atoms with Crippen molar-refractivity contribution in [2.75, 3.05) is 26.2 Å². The standard InChI is InChI=1S/C28H38N2O7/c1-27(2,3)25(33)36-21-14-19(15-22(16-21)37-26(34)28(4,5)6)23(31)17-29-12-13-30-24(32)18-35-20-10-8-7-9-11-20/h7-11,14-16,23,29,31H,12-13,17-18H2,1-6H3,(H,30,32). The monoisotopic (exact) mass is 514 g/mol. The average Bonchev–Trinajstić information content (AvgIpc) is 2.81. The maximum absolute atomic E-state index is 12.4. The van der Waals surface area contributed by atoms with Gasteiger partial charge >= 0.3 is 11.9 Å². The maximum Gasteiger partial charge on any atom is 0.316 e. The molecule has 9 heteroatoms. The zero-order valence-corrected chi connectivity index (χ0v) is 22.4. The molecule has 1 atom stereocenters. The number of aliphatic hydroxyl groups is 1. The number of aliphatic hydroxyl groups excluding tert-OH is 1. The van der Waals surface area contributed by atoms with Crippen molar-refractivity contribution in [3.63, 3.8) is 0 Å². The van der Waals surface area contributed by atoms with E-state index in [0.717, 1.165) is 0 Å². The zero-order chi connectivity index (χ0) is 27.6. The first-order valence-corrected chi connectivity index (χ1v) is 12.2. The Hall–Kier alpha value is -3.43. The molecule has 9 nitrogen and oxygen atoms in total. The number of carbonyl (C=O) groups excluding carboxylic acids is 3. The summed E-state index contributed by atoms with van der Waals surface area (Å²) in [5, 5.41) is 16.5. The minimum absolute atomic E-state index is 0.0945. The Balaban J connectivity index is 1.93. The number of para-hydroxylation sites is 1. The molecule has 1 unspecified atom stereocenters. The van der Waals surface area contributed by atoms with Gasteiger partial charge in [0.2, 0.25) is 0 Å². The van der Waals surface area contributed by atoms with E-state index >= 15 is 0 Å². The minimum Gasteiger partial charge on any atom is -0.484 e. The van der Waals surface area contributed by atoms with Crippen molar-refractivity contribution in [1.29, 1.82) is 0 Å². The molecule has 0 saturated carbocycles. The Kier molecular flexibility index (Phi) is 10.6. The molecule has 0 aliphatic carbocycles. The van der Waals surface area contributed by atoms with Crippen molar-refractivity contribution in [3.8, 4) is 17.2 Å². The van der Waals surface area contributed by atoms with Crippen molar-refractivity contribution in [2.45, 2.75) is 47.6 Å². The summed E-state index contributed by atoms with van der Waals surface area (Å²) in [6, 6.07) is 13.6. The molecule has 2 aromatic carbocycles. The van der Waals surface area contributed by atoms with E-state index in [1.165, 1.54) is 18.2 Å². The first-order chi connectivity index (χ1) is 17.3. The summed E-state index contributed by atoms with van der Waals surface area (Å²) in [4.78, 5) is 36.7. The molecule has 1 amide bonds. The van der Waals surface area contributed by atoms with Crippen molar-refractivity contribution in [2.24, 2.45) is 10.8 Å². The first-order valence-electron chi connectivity index (χ1n) is 12.2. The molecule has 2 rings (SSSR count). The fraction of sp³-hybridized carbons (Fsp3) is 0.464. The summed E-state index contributed by atoms with van der Waals surface area (Å²) < 4.78 is 16.4. The van der Waals surface area contributed by atoms with Crippen LogP contribution >= 0.6 is 0 Å². The van der Waals surface area contributed by atoms with Crippen LogP contribution in [0.3, 0.4) is 0 Å². The van der Waals surface area contributed by atoms with E-state index < -0.39 is 28.9 Å². The van der Waals surface area contributed by atoms with E-state index in [1.807, 2.05) is 18.2 Å². The van der Waals surface area contributed by atoms with Gasteiger partial charge in [-0.1, -0.05) is 18.2 Å². The molecule has 0 aromatic heterocycles. The number of amides is 1. The Morgan fingerprint density at radius 2 is 1.35 bits per heavy atom. The third kappa shape index (κ3) is 10.6. The summed E-state index contributed by atoms with van der Waals surface area (Å²) >= 11 is 0. The van der Waals surface area contributed by atoms with Gasteiger partial charge in [-0.2, -0.15) is 0 Å². The molecule has 202 valence electrons. The van der Waals surface area contributed by atoms with Gasteiger partial charge in [0.15, 0.2) is 6.61 Å². The Labute approximate surface area is 218 Å². The number of hydrogen-bond donors (Lipinski definition) is 3. The molecule has 0 bridgehead atoms. The highest BCUT2D eigenvalue weighted by Crippen LogP contribution is 2.30. The second kappa shape index (κ2) is 13.2. The highest BCUT2D eigenvalue weighted by molar-refractivity contribution is 5.79. The van der Waals surface area contributed by atoms with Gasteiger partial charge in [-0.15, -0.1) is 0 Å². The van der Waals surface area contributed by atoms with E-state index in [4.69, 9.17) is 14.2 Å². The maximum atomic E-state index is 12.4. The molecule has 0 heterocycles. The number of nitrogens with one attached hydrogen (secondary N) is 2. The molecular weight excluding hydrogens is 476 g/mol. The lowest BCUT2D eigenvalue weighted by Crippen LogP contribution is -2.36. The lowest BCUT2D eigenvalue weighted by Gasteiger charge is -2.20. The molecule has 2 aromatic rings.